The number of pyridine rings is 1. The van der Waals surface area contributed by atoms with Crippen LogP contribution in [0.3, 0.4) is 0 Å². The molecule has 46 heavy (non-hydrogen) atoms. The molecule has 0 radical (unpaired) electrons. The maximum Gasteiger partial charge on any atom is 2.00 e. The van der Waals surface area contributed by atoms with Crippen molar-refractivity contribution < 1.29 is 25.8 Å². The number of aromatic nitrogens is 4. The average molecular weight is 775 g/mol. The standard InChI is InChI=1S/C39H25N5O.Pt/c1-42-32-15-4-3-14-31(32)39-38(41-25-43(39)35-18-7-6-17-34(35)42)26-11-10-12-27(23-26)45-28-20-21-30-29-13-2-5-16-33(29)44(36(30)24-28)37-19-8-9-22-40-37;/h2-22,25H,1H3;/q-2;+2. The predicted molar refractivity (Wildman–Crippen MR) is 179 cm³/mol. The molecule has 0 saturated heterocycles. The van der Waals surface area contributed by atoms with Gasteiger partial charge in [-0.15, -0.1) is 41.3 Å². The fourth-order valence-corrected chi connectivity index (χ4v) is 6.45. The fourth-order valence-electron chi connectivity index (χ4n) is 6.45. The van der Waals surface area contributed by atoms with Gasteiger partial charge in [-0.25, -0.2) is 4.98 Å². The maximum absolute atomic E-state index is 6.44. The number of anilines is 2. The molecule has 5 aromatic carbocycles. The Bertz CT molecular complexity index is 2390. The van der Waals surface area contributed by atoms with Crippen LogP contribution in [0, 0.1) is 12.1 Å². The van der Waals surface area contributed by atoms with Gasteiger partial charge in [0.1, 0.15) is 5.82 Å². The summed E-state index contributed by atoms with van der Waals surface area (Å²) in [4.78, 5) is 11.8. The summed E-state index contributed by atoms with van der Waals surface area (Å²) in [6.07, 6.45) is 3.71. The van der Waals surface area contributed by atoms with E-state index in [4.69, 9.17) is 9.72 Å². The third kappa shape index (κ3) is 4.37. The van der Waals surface area contributed by atoms with Gasteiger partial charge >= 0.3 is 21.1 Å². The van der Waals surface area contributed by atoms with Gasteiger partial charge in [-0.2, -0.15) is 6.07 Å². The molecule has 4 heterocycles. The Morgan fingerprint density at radius 3 is 2.26 bits per heavy atom. The summed E-state index contributed by atoms with van der Waals surface area (Å²) in [6.45, 7) is 0. The van der Waals surface area contributed by atoms with Crippen molar-refractivity contribution in [3.05, 3.63) is 146 Å². The third-order valence-electron chi connectivity index (χ3n) is 8.47. The zero-order valence-electron chi connectivity index (χ0n) is 24.7. The SMILES string of the molecule is CN1c2ccccc2-c2c(-c3[c-]c(Oc4[c-]c5c(cc4)c4ccccc4n5-c4ccccn4)ccc3)ncn2-c2ccccc21.[Pt+2]. The minimum Gasteiger partial charge on any atom is -0.503 e. The largest absolute Gasteiger partial charge is 2.00 e. The van der Waals surface area contributed by atoms with Crippen LogP contribution in [0.5, 0.6) is 11.5 Å². The zero-order valence-corrected chi connectivity index (χ0v) is 26.9. The molecular weight excluding hydrogens is 750 g/mol. The van der Waals surface area contributed by atoms with E-state index in [1.807, 2.05) is 61.1 Å². The topological polar surface area (TPSA) is 48.1 Å². The van der Waals surface area contributed by atoms with Gasteiger partial charge in [0.15, 0.2) is 0 Å². The van der Waals surface area contributed by atoms with Crippen LogP contribution in [-0.4, -0.2) is 26.1 Å². The molecule has 0 N–H and O–H groups in total. The second-order valence-electron chi connectivity index (χ2n) is 11.0. The first-order chi connectivity index (χ1) is 22.2. The molecule has 0 unspecified atom stereocenters. The monoisotopic (exact) mass is 774 g/mol. The van der Waals surface area contributed by atoms with E-state index >= 15 is 0 Å². The van der Waals surface area contributed by atoms with Gasteiger partial charge in [0.2, 0.25) is 0 Å². The Morgan fingerprint density at radius 2 is 1.39 bits per heavy atom. The Morgan fingerprint density at radius 1 is 0.630 bits per heavy atom. The van der Waals surface area contributed by atoms with Gasteiger partial charge in [-0.05, 0) is 41.8 Å². The van der Waals surface area contributed by atoms with E-state index in [2.05, 4.69) is 111 Å². The quantitative estimate of drug-likeness (QED) is 0.168. The number of nitrogens with zero attached hydrogens (tertiary/aromatic N) is 5. The average Bonchev–Trinajstić information content (AvgIpc) is 3.65. The Balaban J connectivity index is 0.00000312. The van der Waals surface area contributed by atoms with E-state index in [0.29, 0.717) is 11.5 Å². The summed E-state index contributed by atoms with van der Waals surface area (Å²) < 4.78 is 10.7. The Hall–Kier alpha value is -5.45. The number of para-hydroxylation sites is 4. The smallest absolute Gasteiger partial charge is 0.503 e. The van der Waals surface area contributed by atoms with Crippen LogP contribution in [0.1, 0.15) is 0 Å². The number of imidazole rings is 1. The number of fused-ring (bicyclic) bond motifs is 8. The molecule has 0 fully saturated rings. The minimum absolute atomic E-state index is 0. The van der Waals surface area contributed by atoms with Crippen LogP contribution >= 0.6 is 0 Å². The molecule has 6 nitrogen and oxygen atoms in total. The van der Waals surface area contributed by atoms with Crippen molar-refractivity contribution in [3.8, 4) is 45.5 Å². The van der Waals surface area contributed by atoms with Crippen molar-refractivity contribution >= 4 is 33.2 Å². The zero-order chi connectivity index (χ0) is 29.9. The molecule has 0 bridgehead atoms. The van der Waals surface area contributed by atoms with Crippen LogP contribution in [0.4, 0.5) is 11.4 Å². The minimum atomic E-state index is 0. The molecule has 3 aromatic heterocycles. The molecular formula is C39H25N5OPt. The summed E-state index contributed by atoms with van der Waals surface area (Å²) in [5, 5.41) is 2.23. The number of ether oxygens (including phenoxy) is 1. The van der Waals surface area contributed by atoms with Gasteiger partial charge in [0, 0.05) is 52.9 Å². The number of rotatable bonds is 4. The molecule has 222 valence electrons. The van der Waals surface area contributed by atoms with Crippen molar-refractivity contribution in [2.45, 2.75) is 0 Å². The van der Waals surface area contributed by atoms with Crippen molar-refractivity contribution in [3.63, 3.8) is 0 Å². The molecule has 9 rings (SSSR count). The predicted octanol–water partition coefficient (Wildman–Crippen LogP) is 9.17. The third-order valence-corrected chi connectivity index (χ3v) is 8.47. The number of hydrogen-bond acceptors (Lipinski definition) is 4. The first kappa shape index (κ1) is 28.1. The van der Waals surface area contributed by atoms with Crippen LogP contribution in [0.2, 0.25) is 0 Å². The normalized spacial score (nSPS) is 11.8. The molecule has 0 amide bonds. The Kier molecular flexibility index (Phi) is 6.81. The Labute approximate surface area is 280 Å². The molecule has 0 aliphatic carbocycles. The van der Waals surface area contributed by atoms with E-state index in [0.717, 1.165) is 67.2 Å². The fraction of sp³-hybridized carbons (Fsp3) is 0.0256. The van der Waals surface area contributed by atoms with Crippen LogP contribution < -0.4 is 9.64 Å². The summed E-state index contributed by atoms with van der Waals surface area (Å²) in [5.41, 5.74) is 9.08. The van der Waals surface area contributed by atoms with E-state index in [9.17, 15) is 0 Å². The van der Waals surface area contributed by atoms with E-state index in [1.165, 1.54) is 0 Å². The first-order valence-electron chi connectivity index (χ1n) is 14.8. The summed E-state index contributed by atoms with van der Waals surface area (Å²) in [5.74, 6) is 2.02. The summed E-state index contributed by atoms with van der Waals surface area (Å²) in [6, 6.07) is 48.1. The molecule has 7 heteroatoms. The molecule has 1 aliphatic heterocycles. The number of hydrogen-bond donors (Lipinski definition) is 0. The van der Waals surface area contributed by atoms with Crippen molar-refractivity contribution in [1.29, 1.82) is 0 Å². The molecule has 0 atom stereocenters. The molecule has 8 aromatic rings. The van der Waals surface area contributed by atoms with Crippen LogP contribution in [0.15, 0.2) is 134 Å². The summed E-state index contributed by atoms with van der Waals surface area (Å²) >= 11 is 0. The molecule has 0 saturated carbocycles. The maximum atomic E-state index is 6.44. The number of benzene rings is 5. The van der Waals surface area contributed by atoms with Crippen molar-refractivity contribution in [1.82, 2.24) is 19.1 Å². The second-order valence-corrected chi connectivity index (χ2v) is 11.0. The molecule has 1 aliphatic rings. The van der Waals surface area contributed by atoms with Crippen LogP contribution in [-0.2, 0) is 21.1 Å². The van der Waals surface area contributed by atoms with E-state index in [-0.39, 0.29) is 21.1 Å². The van der Waals surface area contributed by atoms with Gasteiger partial charge in [0.05, 0.1) is 17.7 Å². The van der Waals surface area contributed by atoms with Crippen molar-refractivity contribution in [2.24, 2.45) is 0 Å². The van der Waals surface area contributed by atoms with Gasteiger partial charge < -0.3 is 18.8 Å². The summed E-state index contributed by atoms with van der Waals surface area (Å²) in [7, 11) is 2.11. The first-order valence-corrected chi connectivity index (χ1v) is 14.8. The van der Waals surface area contributed by atoms with Gasteiger partial charge in [-0.1, -0.05) is 66.2 Å². The van der Waals surface area contributed by atoms with Gasteiger partial charge in [-0.3, -0.25) is 4.98 Å². The van der Waals surface area contributed by atoms with E-state index in [1.54, 1.807) is 0 Å². The van der Waals surface area contributed by atoms with E-state index < -0.39 is 0 Å². The molecule has 0 spiro atoms. The second kappa shape index (κ2) is 11.2. The van der Waals surface area contributed by atoms with Gasteiger partial charge in [0.25, 0.3) is 0 Å². The van der Waals surface area contributed by atoms with Crippen LogP contribution in [0.25, 0.3) is 55.8 Å². The van der Waals surface area contributed by atoms with Crippen molar-refractivity contribution in [2.75, 3.05) is 11.9 Å².